The van der Waals surface area contributed by atoms with Gasteiger partial charge in [0.2, 0.25) is 0 Å². The van der Waals surface area contributed by atoms with Gasteiger partial charge < -0.3 is 10.0 Å². The predicted octanol–water partition coefficient (Wildman–Crippen LogP) is 1.47. The maximum absolute atomic E-state index is 9.70. The van der Waals surface area contributed by atoms with Crippen LogP contribution < -0.4 is 0 Å². The van der Waals surface area contributed by atoms with Crippen molar-refractivity contribution in [1.29, 1.82) is 0 Å². The summed E-state index contributed by atoms with van der Waals surface area (Å²) >= 11 is 3.46. The van der Waals surface area contributed by atoms with Crippen LogP contribution in [0, 0.1) is 5.92 Å². The number of alkyl halides is 1. The van der Waals surface area contributed by atoms with E-state index in [1.54, 1.807) is 0 Å². The van der Waals surface area contributed by atoms with Gasteiger partial charge in [0, 0.05) is 25.0 Å². The molecule has 0 aromatic rings. The summed E-state index contributed by atoms with van der Waals surface area (Å²) in [7, 11) is 0. The molecule has 1 heterocycles. The van der Waals surface area contributed by atoms with Crippen LogP contribution in [0.2, 0.25) is 0 Å². The van der Waals surface area contributed by atoms with E-state index >= 15 is 0 Å². The maximum Gasteiger partial charge on any atom is 0.0758 e. The summed E-state index contributed by atoms with van der Waals surface area (Å²) in [5.41, 5.74) is -0.438. The van der Waals surface area contributed by atoms with E-state index in [9.17, 15) is 5.11 Å². The Hall–Kier alpha value is 0.400. The lowest BCUT2D eigenvalue weighted by Crippen LogP contribution is -2.32. The van der Waals surface area contributed by atoms with E-state index in [2.05, 4.69) is 27.8 Å². The van der Waals surface area contributed by atoms with Gasteiger partial charge in [0.05, 0.1) is 5.60 Å². The van der Waals surface area contributed by atoms with Crippen LogP contribution in [0.5, 0.6) is 0 Å². The lowest BCUT2D eigenvalue weighted by molar-refractivity contribution is 0.0675. The fourth-order valence-corrected chi connectivity index (χ4v) is 1.89. The molecular weight excluding hydrogens is 218 g/mol. The number of aliphatic hydroxyl groups is 1. The van der Waals surface area contributed by atoms with Crippen LogP contribution >= 0.6 is 15.9 Å². The fraction of sp³-hybridized carbons (Fsp3) is 1.00. The van der Waals surface area contributed by atoms with Crippen molar-refractivity contribution in [3.05, 3.63) is 0 Å². The van der Waals surface area contributed by atoms with Crippen LogP contribution in [-0.2, 0) is 0 Å². The van der Waals surface area contributed by atoms with Gasteiger partial charge >= 0.3 is 0 Å². The third kappa shape index (κ3) is 3.04. The molecule has 0 aromatic carbocycles. The summed E-state index contributed by atoms with van der Waals surface area (Å²) in [4.78, 5) is 2.34. The number of halogens is 1. The van der Waals surface area contributed by atoms with Crippen molar-refractivity contribution in [2.24, 2.45) is 5.92 Å². The van der Waals surface area contributed by atoms with Crippen LogP contribution in [-0.4, -0.2) is 40.6 Å². The number of hydrogen-bond donors (Lipinski definition) is 1. The topological polar surface area (TPSA) is 23.5 Å². The molecule has 0 spiro atoms. The van der Waals surface area contributed by atoms with E-state index in [0.717, 1.165) is 31.4 Å². The molecule has 1 N–H and O–H groups in total. The second kappa shape index (κ2) is 4.07. The largest absolute Gasteiger partial charge is 0.389 e. The zero-order valence-corrected chi connectivity index (χ0v) is 9.47. The van der Waals surface area contributed by atoms with E-state index in [-0.39, 0.29) is 0 Å². The molecule has 0 aliphatic carbocycles. The maximum atomic E-state index is 9.70. The molecule has 2 atom stereocenters. The van der Waals surface area contributed by atoms with Crippen LogP contribution in [0.1, 0.15) is 20.3 Å². The molecule has 1 saturated heterocycles. The summed E-state index contributed by atoms with van der Waals surface area (Å²) in [6.07, 6.45) is 0.919. The summed E-state index contributed by atoms with van der Waals surface area (Å²) < 4.78 is 0. The fourth-order valence-electron chi connectivity index (χ4n) is 1.68. The molecule has 2 unspecified atom stereocenters. The highest BCUT2D eigenvalue weighted by atomic mass is 79.9. The molecule has 0 saturated carbocycles. The highest BCUT2D eigenvalue weighted by molar-refractivity contribution is 9.09. The summed E-state index contributed by atoms with van der Waals surface area (Å²) in [6, 6.07) is 0. The van der Waals surface area contributed by atoms with E-state index in [1.165, 1.54) is 0 Å². The van der Waals surface area contributed by atoms with Gasteiger partial charge in [-0.05, 0) is 19.3 Å². The quantitative estimate of drug-likeness (QED) is 0.750. The molecule has 0 aromatic heterocycles. The summed E-state index contributed by atoms with van der Waals surface area (Å²) in [6.45, 7) is 7.13. The predicted molar refractivity (Wildman–Crippen MR) is 54.6 cm³/mol. The number of likely N-dealkylation sites (tertiary alicyclic amines) is 1. The third-order valence-electron chi connectivity index (χ3n) is 2.36. The molecule has 2 nitrogen and oxygen atoms in total. The average molecular weight is 236 g/mol. The van der Waals surface area contributed by atoms with Gasteiger partial charge in [0.15, 0.2) is 0 Å². The Balaban J connectivity index is 2.28. The van der Waals surface area contributed by atoms with E-state index in [4.69, 9.17) is 0 Å². The highest BCUT2D eigenvalue weighted by Crippen LogP contribution is 2.21. The van der Waals surface area contributed by atoms with E-state index in [0.29, 0.717) is 5.92 Å². The lowest BCUT2D eigenvalue weighted by Gasteiger charge is -2.21. The first kappa shape index (κ1) is 10.5. The standard InChI is InChI=1S/C9H18BrNO/c1-8(5-10)6-11-4-3-9(2,12)7-11/h8,12H,3-7H2,1-2H3. The summed E-state index contributed by atoms with van der Waals surface area (Å²) in [5, 5.41) is 10.7. The van der Waals surface area contributed by atoms with Crippen molar-refractivity contribution in [2.45, 2.75) is 25.9 Å². The molecule has 72 valence electrons. The van der Waals surface area contributed by atoms with Gasteiger partial charge in [-0.1, -0.05) is 22.9 Å². The van der Waals surface area contributed by atoms with Gasteiger partial charge in [-0.3, -0.25) is 0 Å². The lowest BCUT2D eigenvalue weighted by atomic mass is 10.1. The van der Waals surface area contributed by atoms with Crippen LogP contribution in [0.25, 0.3) is 0 Å². The van der Waals surface area contributed by atoms with Gasteiger partial charge in [0.1, 0.15) is 0 Å². The first-order chi connectivity index (χ1) is 5.53. The third-order valence-corrected chi connectivity index (χ3v) is 3.47. The Kier molecular flexibility index (Phi) is 3.56. The Morgan fingerprint density at radius 1 is 1.67 bits per heavy atom. The average Bonchev–Trinajstić information content (AvgIpc) is 2.30. The minimum absolute atomic E-state index is 0.438. The first-order valence-corrected chi connectivity index (χ1v) is 5.66. The minimum atomic E-state index is -0.438. The van der Waals surface area contributed by atoms with Gasteiger partial charge in [-0.15, -0.1) is 0 Å². The molecule has 3 heteroatoms. The van der Waals surface area contributed by atoms with E-state index < -0.39 is 5.60 Å². The molecular formula is C9H18BrNO. The molecule has 0 bridgehead atoms. The zero-order valence-electron chi connectivity index (χ0n) is 7.89. The Morgan fingerprint density at radius 2 is 2.33 bits per heavy atom. The Morgan fingerprint density at radius 3 is 2.75 bits per heavy atom. The highest BCUT2D eigenvalue weighted by Gasteiger charge is 2.31. The minimum Gasteiger partial charge on any atom is -0.389 e. The first-order valence-electron chi connectivity index (χ1n) is 4.54. The normalized spacial score (nSPS) is 34.0. The second-order valence-corrected chi connectivity index (χ2v) is 4.89. The van der Waals surface area contributed by atoms with Crippen LogP contribution in [0.3, 0.4) is 0 Å². The Labute approximate surface area is 83.1 Å². The monoisotopic (exact) mass is 235 g/mol. The van der Waals surface area contributed by atoms with Crippen molar-refractivity contribution in [1.82, 2.24) is 4.90 Å². The number of rotatable bonds is 3. The van der Waals surface area contributed by atoms with Crippen molar-refractivity contribution in [3.63, 3.8) is 0 Å². The van der Waals surface area contributed by atoms with Crippen LogP contribution in [0.15, 0.2) is 0 Å². The van der Waals surface area contributed by atoms with Crippen molar-refractivity contribution >= 4 is 15.9 Å². The Bertz CT molecular complexity index is 149. The SMILES string of the molecule is CC(CBr)CN1CCC(C)(O)C1. The molecule has 1 fully saturated rings. The molecule has 1 aliphatic heterocycles. The molecule has 0 radical (unpaired) electrons. The smallest absolute Gasteiger partial charge is 0.0758 e. The number of hydrogen-bond acceptors (Lipinski definition) is 2. The molecule has 12 heavy (non-hydrogen) atoms. The second-order valence-electron chi connectivity index (χ2n) is 4.24. The number of β-amino-alcohol motifs (C(OH)–C–C–N with tert-alkyl or cyclic N) is 1. The van der Waals surface area contributed by atoms with Gasteiger partial charge in [-0.25, -0.2) is 0 Å². The molecule has 1 aliphatic rings. The van der Waals surface area contributed by atoms with Gasteiger partial charge in [0.25, 0.3) is 0 Å². The van der Waals surface area contributed by atoms with Crippen molar-refractivity contribution in [2.75, 3.05) is 25.0 Å². The van der Waals surface area contributed by atoms with Gasteiger partial charge in [-0.2, -0.15) is 0 Å². The molecule has 0 amide bonds. The van der Waals surface area contributed by atoms with E-state index in [1.807, 2.05) is 6.92 Å². The van der Waals surface area contributed by atoms with Crippen molar-refractivity contribution < 1.29 is 5.11 Å². The molecule has 1 rings (SSSR count). The van der Waals surface area contributed by atoms with Crippen LogP contribution in [0.4, 0.5) is 0 Å². The zero-order chi connectivity index (χ0) is 9.19. The van der Waals surface area contributed by atoms with Crippen molar-refractivity contribution in [3.8, 4) is 0 Å². The summed E-state index contributed by atoms with van der Waals surface area (Å²) in [5.74, 6) is 0.680. The number of nitrogens with zero attached hydrogens (tertiary/aromatic N) is 1.